The molecule has 4 rings (SSSR count). The van der Waals surface area contributed by atoms with Crippen molar-refractivity contribution in [2.45, 2.75) is 11.8 Å². The molecule has 1 aliphatic rings. The molecule has 6 heteroatoms. The summed E-state index contributed by atoms with van der Waals surface area (Å²) in [5.41, 5.74) is -0.232. The summed E-state index contributed by atoms with van der Waals surface area (Å²) in [6, 6.07) is 22.7. The highest BCUT2D eigenvalue weighted by atomic mass is 35.5. The number of carbonyl (C=O) groups excluding carboxylic acids is 1. The van der Waals surface area contributed by atoms with Crippen molar-refractivity contribution in [1.29, 1.82) is 0 Å². The molecule has 1 N–H and O–H groups in total. The molecule has 1 fully saturated rings. The van der Waals surface area contributed by atoms with Crippen molar-refractivity contribution in [3.05, 3.63) is 100 Å². The summed E-state index contributed by atoms with van der Waals surface area (Å²) in [7, 11) is 0. The molecule has 0 aromatic heterocycles. The maximum atomic E-state index is 12.8. The van der Waals surface area contributed by atoms with Crippen LogP contribution >= 0.6 is 23.2 Å². The molecule has 0 aliphatic carbocycles. The largest absolute Gasteiger partial charge is 0.435 e. The molecule has 0 bridgehead atoms. The number of nitrogens with zero attached hydrogens (tertiary/aromatic N) is 1. The monoisotopic (exact) mass is 399 g/mol. The Kier molecular flexibility index (Phi) is 4.56. The van der Waals surface area contributed by atoms with Gasteiger partial charge in [-0.05, 0) is 23.8 Å². The van der Waals surface area contributed by atoms with Crippen molar-refractivity contribution in [1.82, 2.24) is 0 Å². The Bertz CT molecular complexity index is 961. The lowest BCUT2D eigenvalue weighted by molar-refractivity contribution is -0.0351. The fraction of sp³-hybridized carbons (Fsp3) is 0.0952. The van der Waals surface area contributed by atoms with E-state index < -0.39 is 17.9 Å². The molecule has 1 aliphatic heterocycles. The minimum absolute atomic E-state index is 0.349. The van der Waals surface area contributed by atoms with Gasteiger partial charge in [-0.2, -0.15) is 0 Å². The Morgan fingerprint density at radius 1 is 0.889 bits per heavy atom. The van der Waals surface area contributed by atoms with Gasteiger partial charge in [-0.25, -0.2) is 9.69 Å². The predicted molar refractivity (Wildman–Crippen MR) is 105 cm³/mol. The first-order valence-corrected chi connectivity index (χ1v) is 9.05. The van der Waals surface area contributed by atoms with Crippen molar-refractivity contribution >= 4 is 35.0 Å². The van der Waals surface area contributed by atoms with Gasteiger partial charge in [0.05, 0.1) is 5.69 Å². The summed E-state index contributed by atoms with van der Waals surface area (Å²) in [5.74, 6) is 0. The van der Waals surface area contributed by atoms with Gasteiger partial charge in [-0.1, -0.05) is 83.9 Å². The SMILES string of the molecule is O=C1OC(c2ccccc2)C(O)(c2ccccc2)N1c1cc(Cl)cc(Cl)c1. The number of halogens is 2. The number of ether oxygens (including phenoxy) is 1. The van der Waals surface area contributed by atoms with E-state index in [1.54, 1.807) is 54.6 Å². The predicted octanol–water partition coefficient (Wildman–Crippen LogP) is 5.54. The van der Waals surface area contributed by atoms with Gasteiger partial charge < -0.3 is 9.84 Å². The third-order valence-corrected chi connectivity index (χ3v) is 4.95. The van der Waals surface area contributed by atoms with Gasteiger partial charge in [0.25, 0.3) is 0 Å². The second kappa shape index (κ2) is 6.89. The molecule has 0 saturated carbocycles. The second-order valence-corrected chi connectivity index (χ2v) is 7.10. The summed E-state index contributed by atoms with van der Waals surface area (Å²) >= 11 is 12.2. The number of carbonyl (C=O) groups is 1. The number of hydrogen-bond donors (Lipinski definition) is 1. The molecule has 0 radical (unpaired) electrons. The molecule has 4 nitrogen and oxygen atoms in total. The number of amides is 1. The zero-order valence-corrected chi connectivity index (χ0v) is 15.6. The molecule has 27 heavy (non-hydrogen) atoms. The van der Waals surface area contributed by atoms with Crippen molar-refractivity contribution in [3.63, 3.8) is 0 Å². The molecule has 1 amide bonds. The van der Waals surface area contributed by atoms with Crippen LogP contribution < -0.4 is 4.90 Å². The van der Waals surface area contributed by atoms with Gasteiger partial charge >= 0.3 is 6.09 Å². The third kappa shape index (κ3) is 3.06. The van der Waals surface area contributed by atoms with Crippen molar-refractivity contribution in [3.8, 4) is 0 Å². The highest BCUT2D eigenvalue weighted by molar-refractivity contribution is 6.35. The van der Waals surface area contributed by atoms with E-state index in [0.29, 0.717) is 26.9 Å². The zero-order chi connectivity index (χ0) is 19.0. The van der Waals surface area contributed by atoms with Crippen LogP contribution in [0.15, 0.2) is 78.9 Å². The molecule has 2 atom stereocenters. The van der Waals surface area contributed by atoms with Crippen LogP contribution in [-0.2, 0) is 10.5 Å². The number of benzene rings is 3. The highest BCUT2D eigenvalue weighted by Crippen LogP contribution is 2.49. The van der Waals surface area contributed by atoms with Crippen LogP contribution in [0.4, 0.5) is 10.5 Å². The number of hydrogen-bond acceptors (Lipinski definition) is 3. The first-order chi connectivity index (χ1) is 13.0. The summed E-state index contributed by atoms with van der Waals surface area (Å²) in [6.07, 6.45) is -1.61. The lowest BCUT2D eigenvalue weighted by Gasteiger charge is -2.34. The maximum Gasteiger partial charge on any atom is 0.417 e. The second-order valence-electron chi connectivity index (χ2n) is 6.23. The quantitative estimate of drug-likeness (QED) is 0.628. The fourth-order valence-electron chi connectivity index (χ4n) is 3.35. The number of aliphatic hydroxyl groups is 1. The number of rotatable bonds is 3. The molecular formula is C21H15Cl2NO3. The van der Waals surface area contributed by atoms with Crippen LogP contribution in [0.1, 0.15) is 17.2 Å². The molecule has 0 spiro atoms. The van der Waals surface area contributed by atoms with Gasteiger partial charge in [-0.15, -0.1) is 0 Å². The van der Waals surface area contributed by atoms with Gasteiger partial charge in [0.2, 0.25) is 5.72 Å². The maximum absolute atomic E-state index is 12.8. The van der Waals surface area contributed by atoms with E-state index in [1.165, 1.54) is 4.90 Å². The molecule has 3 aromatic carbocycles. The molecule has 1 heterocycles. The Morgan fingerprint density at radius 2 is 1.44 bits per heavy atom. The van der Waals surface area contributed by atoms with E-state index >= 15 is 0 Å². The fourth-order valence-corrected chi connectivity index (χ4v) is 3.87. The van der Waals surface area contributed by atoms with Gasteiger partial charge in [0.1, 0.15) is 0 Å². The summed E-state index contributed by atoms with van der Waals surface area (Å²) < 4.78 is 5.62. The Labute approximate surface area is 166 Å². The standard InChI is InChI=1S/C21H15Cl2NO3/c22-16-11-17(23)13-18(12-16)24-20(25)27-19(14-7-3-1-4-8-14)21(24,26)15-9-5-2-6-10-15/h1-13,19,26H. The van der Waals surface area contributed by atoms with Gasteiger partial charge in [0, 0.05) is 15.6 Å². The third-order valence-electron chi connectivity index (χ3n) is 4.51. The first kappa shape index (κ1) is 17.9. The van der Waals surface area contributed by atoms with Crippen LogP contribution in [0.25, 0.3) is 0 Å². The van der Waals surface area contributed by atoms with E-state index in [9.17, 15) is 9.90 Å². The number of cyclic esters (lactones) is 1. The van der Waals surface area contributed by atoms with Gasteiger partial charge in [0.15, 0.2) is 6.10 Å². The van der Waals surface area contributed by atoms with E-state index in [-0.39, 0.29) is 0 Å². The summed E-state index contributed by atoms with van der Waals surface area (Å²) in [6.45, 7) is 0. The average molecular weight is 400 g/mol. The Hall–Kier alpha value is -2.53. The minimum atomic E-state index is -1.77. The smallest absolute Gasteiger partial charge is 0.417 e. The van der Waals surface area contributed by atoms with E-state index in [4.69, 9.17) is 27.9 Å². The van der Waals surface area contributed by atoms with Crippen LogP contribution in [0.2, 0.25) is 10.0 Å². The Morgan fingerprint density at radius 3 is 2.04 bits per heavy atom. The minimum Gasteiger partial charge on any atom is -0.435 e. The molecular weight excluding hydrogens is 385 g/mol. The van der Waals surface area contributed by atoms with Crippen molar-refractivity contribution in [2.24, 2.45) is 0 Å². The van der Waals surface area contributed by atoms with Crippen molar-refractivity contribution < 1.29 is 14.6 Å². The van der Waals surface area contributed by atoms with E-state index in [2.05, 4.69) is 0 Å². The first-order valence-electron chi connectivity index (χ1n) is 8.30. The molecule has 136 valence electrons. The number of anilines is 1. The van der Waals surface area contributed by atoms with Crippen LogP contribution in [0, 0.1) is 0 Å². The molecule has 1 saturated heterocycles. The zero-order valence-electron chi connectivity index (χ0n) is 14.0. The van der Waals surface area contributed by atoms with Crippen LogP contribution in [0.5, 0.6) is 0 Å². The summed E-state index contributed by atoms with van der Waals surface area (Å²) in [4.78, 5) is 14.0. The summed E-state index contributed by atoms with van der Waals surface area (Å²) in [5, 5.41) is 12.5. The Balaban J connectivity index is 1.93. The lowest BCUT2D eigenvalue weighted by atomic mass is 9.91. The van der Waals surface area contributed by atoms with Crippen molar-refractivity contribution in [2.75, 3.05) is 4.90 Å². The average Bonchev–Trinajstić information content (AvgIpc) is 2.94. The van der Waals surface area contributed by atoms with Gasteiger partial charge in [-0.3, -0.25) is 0 Å². The highest BCUT2D eigenvalue weighted by Gasteiger charge is 2.56. The normalized spacial score (nSPS) is 22.0. The molecule has 2 unspecified atom stereocenters. The van der Waals surface area contributed by atoms with Crippen LogP contribution in [0.3, 0.4) is 0 Å². The lowest BCUT2D eigenvalue weighted by Crippen LogP contribution is -2.46. The van der Waals surface area contributed by atoms with E-state index in [1.807, 2.05) is 24.3 Å². The topological polar surface area (TPSA) is 49.8 Å². The molecule has 3 aromatic rings. The van der Waals surface area contributed by atoms with E-state index in [0.717, 1.165) is 0 Å². The van der Waals surface area contributed by atoms with Crippen LogP contribution in [-0.4, -0.2) is 11.2 Å².